The third kappa shape index (κ3) is 1.99. The first-order chi connectivity index (χ1) is 8.78. The molecule has 18 heavy (non-hydrogen) atoms. The number of fused-ring (bicyclic) bond motifs is 1. The average molecular weight is 350 g/mol. The summed E-state index contributed by atoms with van der Waals surface area (Å²) in [5, 5.41) is 5.38. The molecular formula is C13H11IN4. The fraction of sp³-hybridized carbons (Fsp3) is 0.0769. The molecule has 90 valence electrons. The van der Waals surface area contributed by atoms with Crippen molar-refractivity contribution in [2.24, 2.45) is 5.73 Å². The van der Waals surface area contributed by atoms with Gasteiger partial charge in [0.2, 0.25) is 0 Å². The maximum Gasteiger partial charge on any atom is 0.154 e. The number of aromatic nitrogens is 3. The molecule has 0 unspecified atom stereocenters. The Hall–Kier alpha value is -1.47. The van der Waals surface area contributed by atoms with Gasteiger partial charge in [0.05, 0.1) is 15.3 Å². The molecule has 3 rings (SSSR count). The van der Waals surface area contributed by atoms with Gasteiger partial charge in [-0.15, -0.1) is 0 Å². The fourth-order valence-corrected chi connectivity index (χ4v) is 2.33. The summed E-state index contributed by atoms with van der Waals surface area (Å²) in [6.07, 6.45) is 3.75. The number of para-hydroxylation sites is 1. The molecule has 4 nitrogen and oxygen atoms in total. The summed E-state index contributed by atoms with van der Waals surface area (Å²) >= 11 is 2.23. The van der Waals surface area contributed by atoms with Crippen molar-refractivity contribution in [3.63, 3.8) is 0 Å². The van der Waals surface area contributed by atoms with Crippen LogP contribution < -0.4 is 5.73 Å². The van der Waals surface area contributed by atoms with Gasteiger partial charge < -0.3 is 5.73 Å². The Bertz CT molecular complexity index is 705. The molecule has 0 saturated carbocycles. The van der Waals surface area contributed by atoms with Crippen LogP contribution in [0.3, 0.4) is 0 Å². The van der Waals surface area contributed by atoms with Crippen LogP contribution >= 0.6 is 22.6 Å². The molecule has 0 aliphatic carbocycles. The third-order valence-electron chi connectivity index (χ3n) is 2.79. The van der Waals surface area contributed by atoms with E-state index in [4.69, 9.17) is 5.73 Å². The van der Waals surface area contributed by atoms with E-state index in [0.717, 1.165) is 25.9 Å². The number of benzene rings is 1. The lowest BCUT2D eigenvalue weighted by atomic mass is 10.1. The highest BCUT2D eigenvalue weighted by molar-refractivity contribution is 14.1. The predicted octanol–water partition coefficient (Wildman–Crippen LogP) is 2.48. The quantitative estimate of drug-likeness (QED) is 0.723. The molecule has 0 radical (unpaired) electrons. The van der Waals surface area contributed by atoms with Crippen molar-refractivity contribution in [3.05, 3.63) is 51.9 Å². The zero-order valence-corrected chi connectivity index (χ0v) is 11.7. The molecule has 0 saturated heterocycles. The number of hydrogen-bond donors (Lipinski definition) is 1. The summed E-state index contributed by atoms with van der Waals surface area (Å²) in [4.78, 5) is 4.61. The van der Waals surface area contributed by atoms with Crippen LogP contribution in [0.1, 0.15) is 5.56 Å². The molecule has 2 heterocycles. The minimum absolute atomic E-state index is 0.494. The maximum absolute atomic E-state index is 5.81. The summed E-state index contributed by atoms with van der Waals surface area (Å²) in [5.74, 6) is 0.803. The molecule has 0 amide bonds. The number of rotatable bonds is 2. The summed E-state index contributed by atoms with van der Waals surface area (Å²) in [7, 11) is 0. The topological polar surface area (TPSA) is 56.7 Å². The van der Waals surface area contributed by atoms with Crippen molar-refractivity contribution in [1.29, 1.82) is 0 Å². The number of halogens is 1. The second-order valence-corrected chi connectivity index (χ2v) is 5.21. The number of nitrogens with two attached hydrogens (primary N) is 1. The number of nitrogens with zero attached hydrogens (tertiary/aromatic N) is 3. The maximum atomic E-state index is 5.81. The third-order valence-corrected chi connectivity index (χ3v) is 3.35. The second-order valence-electron chi connectivity index (χ2n) is 3.96. The van der Waals surface area contributed by atoms with E-state index in [1.54, 1.807) is 10.9 Å². The van der Waals surface area contributed by atoms with Crippen molar-refractivity contribution < 1.29 is 0 Å². The van der Waals surface area contributed by atoms with Crippen LogP contribution in [-0.4, -0.2) is 14.8 Å². The van der Waals surface area contributed by atoms with Crippen LogP contribution in [0.5, 0.6) is 0 Å². The lowest BCUT2D eigenvalue weighted by molar-refractivity contribution is 0.848. The molecule has 3 aromatic rings. The van der Waals surface area contributed by atoms with Gasteiger partial charge in [0, 0.05) is 18.1 Å². The van der Waals surface area contributed by atoms with Crippen LogP contribution in [0.4, 0.5) is 0 Å². The van der Waals surface area contributed by atoms with Gasteiger partial charge in [-0.3, -0.25) is 0 Å². The molecule has 0 aliphatic rings. The SMILES string of the molecule is NCc1cc(-n2cc(I)cn2)nc2ccccc12. The highest BCUT2D eigenvalue weighted by Crippen LogP contribution is 2.20. The number of pyridine rings is 1. The highest BCUT2D eigenvalue weighted by Gasteiger charge is 2.06. The van der Waals surface area contributed by atoms with E-state index in [2.05, 4.69) is 32.7 Å². The number of hydrogen-bond acceptors (Lipinski definition) is 3. The summed E-state index contributed by atoms with van der Waals surface area (Å²) < 4.78 is 2.85. The van der Waals surface area contributed by atoms with E-state index >= 15 is 0 Å². The van der Waals surface area contributed by atoms with E-state index in [-0.39, 0.29) is 0 Å². The zero-order valence-electron chi connectivity index (χ0n) is 9.55. The average Bonchev–Trinajstić information content (AvgIpc) is 2.84. The highest BCUT2D eigenvalue weighted by atomic mass is 127. The second kappa shape index (κ2) is 4.66. The van der Waals surface area contributed by atoms with E-state index in [9.17, 15) is 0 Å². The first-order valence-corrected chi connectivity index (χ1v) is 6.65. The van der Waals surface area contributed by atoms with Crippen molar-refractivity contribution in [2.75, 3.05) is 0 Å². The molecule has 1 aromatic carbocycles. The molecular weight excluding hydrogens is 339 g/mol. The van der Waals surface area contributed by atoms with Crippen molar-refractivity contribution in [3.8, 4) is 5.82 Å². The van der Waals surface area contributed by atoms with Crippen molar-refractivity contribution in [2.45, 2.75) is 6.54 Å². The van der Waals surface area contributed by atoms with E-state index in [1.165, 1.54) is 0 Å². The standard InChI is InChI=1S/C13H11IN4/c14-10-7-16-18(8-10)13-5-9(6-15)11-3-1-2-4-12(11)17-13/h1-5,7-8H,6,15H2. The normalized spacial score (nSPS) is 11.0. The van der Waals surface area contributed by atoms with E-state index < -0.39 is 0 Å². The predicted molar refractivity (Wildman–Crippen MR) is 79.5 cm³/mol. The van der Waals surface area contributed by atoms with Crippen LogP contribution in [-0.2, 0) is 6.54 Å². The van der Waals surface area contributed by atoms with Crippen LogP contribution in [0.2, 0.25) is 0 Å². The summed E-state index contributed by atoms with van der Waals surface area (Å²) in [5.41, 5.74) is 7.84. The summed E-state index contributed by atoms with van der Waals surface area (Å²) in [6, 6.07) is 10.0. The lowest BCUT2D eigenvalue weighted by Gasteiger charge is -2.07. The zero-order chi connectivity index (χ0) is 12.5. The van der Waals surface area contributed by atoms with Crippen molar-refractivity contribution >= 4 is 33.5 Å². The minimum Gasteiger partial charge on any atom is -0.326 e. The Kier molecular flexibility index (Phi) is 3.00. The molecule has 0 atom stereocenters. The smallest absolute Gasteiger partial charge is 0.154 e. The van der Waals surface area contributed by atoms with E-state index in [1.807, 2.05) is 36.5 Å². The monoisotopic (exact) mass is 350 g/mol. The fourth-order valence-electron chi connectivity index (χ4n) is 1.94. The van der Waals surface area contributed by atoms with Gasteiger partial charge in [-0.1, -0.05) is 18.2 Å². The molecule has 0 aliphatic heterocycles. The Balaban J connectivity index is 2.25. The van der Waals surface area contributed by atoms with Gasteiger partial charge in [0.1, 0.15) is 0 Å². The Morgan fingerprint density at radius 1 is 1.28 bits per heavy atom. The summed E-state index contributed by atoms with van der Waals surface area (Å²) in [6.45, 7) is 0.494. The molecule has 0 bridgehead atoms. The van der Waals surface area contributed by atoms with Crippen molar-refractivity contribution in [1.82, 2.24) is 14.8 Å². The molecule has 5 heteroatoms. The van der Waals surface area contributed by atoms with E-state index in [0.29, 0.717) is 6.54 Å². The molecule has 0 spiro atoms. The Morgan fingerprint density at radius 2 is 2.11 bits per heavy atom. The first kappa shape index (κ1) is 11.6. The van der Waals surface area contributed by atoms with Crippen LogP contribution in [0.25, 0.3) is 16.7 Å². The van der Waals surface area contributed by atoms with Gasteiger partial charge in [-0.25, -0.2) is 9.67 Å². The van der Waals surface area contributed by atoms with Gasteiger partial charge in [0.15, 0.2) is 5.82 Å². The molecule has 0 fully saturated rings. The Labute approximate surface area is 118 Å². The first-order valence-electron chi connectivity index (χ1n) is 5.57. The van der Waals surface area contributed by atoms with Crippen LogP contribution in [0, 0.1) is 3.57 Å². The largest absolute Gasteiger partial charge is 0.326 e. The minimum atomic E-state index is 0.494. The van der Waals surface area contributed by atoms with Gasteiger partial charge in [-0.2, -0.15) is 5.10 Å². The molecule has 2 aromatic heterocycles. The van der Waals surface area contributed by atoms with Gasteiger partial charge >= 0.3 is 0 Å². The van der Waals surface area contributed by atoms with Gasteiger partial charge in [0.25, 0.3) is 0 Å². The lowest BCUT2D eigenvalue weighted by Crippen LogP contribution is -2.03. The van der Waals surface area contributed by atoms with Gasteiger partial charge in [-0.05, 0) is 40.3 Å². The molecule has 2 N–H and O–H groups in total. The Morgan fingerprint density at radius 3 is 2.83 bits per heavy atom. The van der Waals surface area contributed by atoms with Crippen LogP contribution in [0.15, 0.2) is 42.7 Å².